The summed E-state index contributed by atoms with van der Waals surface area (Å²) in [5, 5.41) is 16.3. The third-order valence-electron chi connectivity index (χ3n) is 3.86. The number of aliphatic carboxylic acids is 1. The molecule has 0 saturated carbocycles. The Kier molecular flexibility index (Phi) is 5.62. The highest BCUT2D eigenvalue weighted by molar-refractivity contribution is 5.95. The number of carboxylic acids is 1. The first-order valence-electron chi connectivity index (χ1n) is 8.36. The van der Waals surface area contributed by atoms with Gasteiger partial charge in [-0.1, -0.05) is 39.0 Å². The van der Waals surface area contributed by atoms with E-state index in [1.54, 1.807) is 17.8 Å². The van der Waals surface area contributed by atoms with Gasteiger partial charge in [0, 0.05) is 24.1 Å². The number of nitrogens with one attached hydrogen (secondary N) is 1. The van der Waals surface area contributed by atoms with Gasteiger partial charge in [0.2, 0.25) is 0 Å². The van der Waals surface area contributed by atoms with Gasteiger partial charge in [0.1, 0.15) is 0 Å². The van der Waals surface area contributed by atoms with Crippen molar-refractivity contribution < 1.29 is 14.7 Å². The standard InChI is InChI=1S/C19H25N3O3/c1-13(10-11-16(23)24)20-18(25)15-12-22(14-8-6-5-7-9-14)21-17(15)19(2,3)4/h5-9,12-13H,10-11H2,1-4H3,(H,20,25)(H,23,24). The number of carbonyl (C=O) groups excluding carboxylic acids is 1. The SMILES string of the molecule is CC(CCC(=O)O)NC(=O)c1cn(-c2ccccc2)nc1C(C)(C)C. The molecule has 1 amide bonds. The summed E-state index contributed by atoms with van der Waals surface area (Å²) in [6.07, 6.45) is 2.14. The van der Waals surface area contributed by atoms with E-state index in [0.717, 1.165) is 5.69 Å². The predicted octanol–water partition coefficient (Wildman–Crippen LogP) is 3.15. The van der Waals surface area contributed by atoms with Gasteiger partial charge in [-0.15, -0.1) is 0 Å². The fourth-order valence-electron chi connectivity index (χ4n) is 2.52. The average molecular weight is 343 g/mol. The van der Waals surface area contributed by atoms with E-state index in [4.69, 9.17) is 5.11 Å². The third kappa shape index (κ3) is 4.92. The highest BCUT2D eigenvalue weighted by atomic mass is 16.4. The first kappa shape index (κ1) is 18.7. The van der Waals surface area contributed by atoms with Crippen LogP contribution in [0.25, 0.3) is 5.69 Å². The Hall–Kier alpha value is -2.63. The van der Waals surface area contributed by atoms with E-state index < -0.39 is 5.97 Å². The van der Waals surface area contributed by atoms with Gasteiger partial charge < -0.3 is 10.4 Å². The third-order valence-corrected chi connectivity index (χ3v) is 3.86. The fraction of sp³-hybridized carbons (Fsp3) is 0.421. The molecule has 1 aromatic carbocycles. The van der Waals surface area contributed by atoms with E-state index in [2.05, 4.69) is 10.4 Å². The second-order valence-corrected chi connectivity index (χ2v) is 7.23. The molecule has 0 aliphatic rings. The van der Waals surface area contributed by atoms with Gasteiger partial charge in [-0.3, -0.25) is 9.59 Å². The van der Waals surface area contributed by atoms with Crippen LogP contribution >= 0.6 is 0 Å². The van der Waals surface area contributed by atoms with Crippen LogP contribution in [0.2, 0.25) is 0 Å². The van der Waals surface area contributed by atoms with Crippen LogP contribution in [0, 0.1) is 0 Å². The number of nitrogens with zero attached hydrogens (tertiary/aromatic N) is 2. The molecule has 1 unspecified atom stereocenters. The zero-order valence-corrected chi connectivity index (χ0v) is 15.1. The quantitative estimate of drug-likeness (QED) is 0.844. The molecule has 0 aliphatic carbocycles. The number of carboxylic acid groups (broad SMARTS) is 1. The Morgan fingerprint density at radius 3 is 2.44 bits per heavy atom. The molecular formula is C19H25N3O3. The topological polar surface area (TPSA) is 84.2 Å². The first-order chi connectivity index (χ1) is 11.7. The predicted molar refractivity (Wildman–Crippen MR) is 96.1 cm³/mol. The van der Waals surface area contributed by atoms with Crippen LogP contribution in [-0.2, 0) is 10.2 Å². The second kappa shape index (κ2) is 7.51. The minimum atomic E-state index is -0.867. The van der Waals surface area contributed by atoms with Crippen LogP contribution < -0.4 is 5.32 Å². The van der Waals surface area contributed by atoms with Crippen LogP contribution in [0.1, 0.15) is 56.6 Å². The Bertz CT molecular complexity index is 745. The zero-order valence-electron chi connectivity index (χ0n) is 15.1. The maximum absolute atomic E-state index is 12.7. The lowest BCUT2D eigenvalue weighted by atomic mass is 9.89. The molecule has 0 radical (unpaired) electrons. The van der Waals surface area contributed by atoms with Crippen LogP contribution in [-0.4, -0.2) is 32.8 Å². The molecule has 6 heteroatoms. The summed E-state index contributed by atoms with van der Waals surface area (Å²) in [4.78, 5) is 23.4. The summed E-state index contributed by atoms with van der Waals surface area (Å²) >= 11 is 0. The van der Waals surface area contributed by atoms with E-state index in [1.807, 2.05) is 51.1 Å². The molecule has 2 N–H and O–H groups in total. The number of hydrogen-bond acceptors (Lipinski definition) is 3. The number of carbonyl (C=O) groups is 2. The summed E-state index contributed by atoms with van der Waals surface area (Å²) < 4.78 is 1.71. The van der Waals surface area contributed by atoms with E-state index in [9.17, 15) is 9.59 Å². The number of benzene rings is 1. The molecule has 0 fully saturated rings. The lowest BCUT2D eigenvalue weighted by Gasteiger charge is -2.18. The van der Waals surface area contributed by atoms with Gasteiger partial charge in [-0.05, 0) is 25.5 Å². The molecule has 0 saturated heterocycles. The Morgan fingerprint density at radius 1 is 1.24 bits per heavy atom. The maximum atomic E-state index is 12.7. The van der Waals surface area contributed by atoms with E-state index in [0.29, 0.717) is 17.7 Å². The molecular weight excluding hydrogens is 318 g/mol. The minimum Gasteiger partial charge on any atom is -0.481 e. The summed E-state index contributed by atoms with van der Waals surface area (Å²) in [5.74, 6) is -1.10. The monoisotopic (exact) mass is 343 g/mol. The Morgan fingerprint density at radius 2 is 1.88 bits per heavy atom. The van der Waals surface area contributed by atoms with Crippen molar-refractivity contribution in [1.29, 1.82) is 0 Å². The molecule has 1 aromatic heterocycles. The van der Waals surface area contributed by atoms with Crippen LogP contribution in [0.3, 0.4) is 0 Å². The van der Waals surface area contributed by atoms with E-state index >= 15 is 0 Å². The van der Waals surface area contributed by atoms with Crippen molar-refractivity contribution in [2.24, 2.45) is 0 Å². The molecule has 2 rings (SSSR count). The summed E-state index contributed by atoms with van der Waals surface area (Å²) in [6.45, 7) is 7.83. The van der Waals surface area contributed by atoms with Crippen LogP contribution in [0.5, 0.6) is 0 Å². The molecule has 134 valence electrons. The maximum Gasteiger partial charge on any atom is 0.303 e. The number of amides is 1. The highest BCUT2D eigenvalue weighted by Crippen LogP contribution is 2.25. The number of aromatic nitrogens is 2. The largest absolute Gasteiger partial charge is 0.481 e. The van der Waals surface area contributed by atoms with Gasteiger partial charge in [0.15, 0.2) is 0 Å². The summed E-state index contributed by atoms with van der Waals surface area (Å²) in [6, 6.07) is 9.39. The second-order valence-electron chi connectivity index (χ2n) is 7.23. The van der Waals surface area contributed by atoms with Gasteiger partial charge in [-0.25, -0.2) is 4.68 Å². The minimum absolute atomic E-state index is 0.0247. The van der Waals surface area contributed by atoms with Crippen molar-refractivity contribution in [3.63, 3.8) is 0 Å². The van der Waals surface area contributed by atoms with Crippen molar-refractivity contribution in [2.75, 3.05) is 0 Å². The normalized spacial score (nSPS) is 12.6. The van der Waals surface area contributed by atoms with Gasteiger partial charge in [-0.2, -0.15) is 5.10 Å². The summed E-state index contributed by atoms with van der Waals surface area (Å²) in [5.41, 5.74) is 1.81. The highest BCUT2D eigenvalue weighted by Gasteiger charge is 2.27. The Labute approximate surface area is 147 Å². The van der Waals surface area contributed by atoms with Crippen LogP contribution in [0.4, 0.5) is 0 Å². The molecule has 1 atom stereocenters. The molecule has 6 nitrogen and oxygen atoms in total. The molecule has 2 aromatic rings. The van der Waals surface area contributed by atoms with Crippen LogP contribution in [0.15, 0.2) is 36.5 Å². The molecule has 0 bridgehead atoms. The van der Waals surface area contributed by atoms with Crippen molar-refractivity contribution in [1.82, 2.24) is 15.1 Å². The zero-order chi connectivity index (χ0) is 18.6. The average Bonchev–Trinajstić information content (AvgIpc) is 2.99. The van der Waals surface area contributed by atoms with Gasteiger partial charge >= 0.3 is 5.97 Å². The first-order valence-corrected chi connectivity index (χ1v) is 8.36. The van der Waals surface area contributed by atoms with Crippen molar-refractivity contribution in [2.45, 2.75) is 52.0 Å². The lowest BCUT2D eigenvalue weighted by molar-refractivity contribution is -0.137. The number of para-hydroxylation sites is 1. The van der Waals surface area contributed by atoms with Crippen molar-refractivity contribution in [3.05, 3.63) is 47.8 Å². The van der Waals surface area contributed by atoms with E-state index in [1.165, 1.54) is 0 Å². The number of rotatable bonds is 6. The molecule has 0 aliphatic heterocycles. The van der Waals surface area contributed by atoms with Gasteiger partial charge in [0.05, 0.1) is 16.9 Å². The molecule has 0 spiro atoms. The molecule has 1 heterocycles. The van der Waals surface area contributed by atoms with Crippen molar-refractivity contribution in [3.8, 4) is 5.69 Å². The smallest absolute Gasteiger partial charge is 0.303 e. The lowest BCUT2D eigenvalue weighted by Crippen LogP contribution is -2.34. The molecule has 25 heavy (non-hydrogen) atoms. The Balaban J connectivity index is 2.28. The van der Waals surface area contributed by atoms with E-state index in [-0.39, 0.29) is 23.8 Å². The number of hydrogen-bond donors (Lipinski definition) is 2. The summed E-state index contributed by atoms with van der Waals surface area (Å²) in [7, 11) is 0. The van der Waals surface area contributed by atoms with Gasteiger partial charge in [0.25, 0.3) is 5.91 Å². The fourth-order valence-corrected chi connectivity index (χ4v) is 2.52. The van der Waals surface area contributed by atoms with Crippen molar-refractivity contribution >= 4 is 11.9 Å².